The molecule has 1 aromatic rings. The quantitative estimate of drug-likeness (QED) is 0.734. The second-order valence-corrected chi connectivity index (χ2v) is 5.19. The third-order valence-electron chi connectivity index (χ3n) is 3.74. The highest BCUT2D eigenvalue weighted by molar-refractivity contribution is 6.18. The maximum Gasteiger partial charge on any atom is 0.128 e. The first-order valence-electron chi connectivity index (χ1n) is 6.16. The van der Waals surface area contributed by atoms with E-state index in [2.05, 4.69) is 17.0 Å². The fraction of sp³-hybridized carbons (Fsp3) is 0.615. The summed E-state index contributed by atoms with van der Waals surface area (Å²) in [7, 11) is 0. The topological polar surface area (TPSA) is 16.1 Å². The normalized spacial score (nSPS) is 23.8. The molecule has 2 nitrogen and oxygen atoms in total. The van der Waals surface area contributed by atoms with Gasteiger partial charge in [-0.05, 0) is 43.2 Å². The van der Waals surface area contributed by atoms with Crippen LogP contribution in [0.4, 0.5) is 5.82 Å². The van der Waals surface area contributed by atoms with Gasteiger partial charge in [-0.1, -0.05) is 6.07 Å². The van der Waals surface area contributed by atoms with E-state index >= 15 is 0 Å². The second-order valence-electron chi connectivity index (χ2n) is 4.88. The van der Waals surface area contributed by atoms with Crippen molar-refractivity contribution in [1.82, 2.24) is 4.98 Å². The summed E-state index contributed by atoms with van der Waals surface area (Å²) in [6.07, 6.45) is 4.86. The number of halogens is 1. The fourth-order valence-corrected chi connectivity index (χ4v) is 3.00. The highest BCUT2D eigenvalue weighted by Gasteiger charge is 2.23. The maximum absolute atomic E-state index is 5.91. The Balaban J connectivity index is 1.80. The predicted molar refractivity (Wildman–Crippen MR) is 67.3 cm³/mol. The van der Waals surface area contributed by atoms with E-state index < -0.39 is 0 Å². The Labute approximate surface area is 102 Å². The monoisotopic (exact) mass is 236 g/mol. The molecular weight excluding hydrogens is 220 g/mol. The van der Waals surface area contributed by atoms with Crippen molar-refractivity contribution in [3.8, 4) is 0 Å². The fourth-order valence-electron chi connectivity index (χ4n) is 2.75. The highest BCUT2D eigenvalue weighted by Crippen LogP contribution is 2.27. The first-order chi connectivity index (χ1) is 7.86. The number of nitrogens with zero attached hydrogens (tertiary/aromatic N) is 2. The Morgan fingerprint density at radius 1 is 1.38 bits per heavy atom. The van der Waals surface area contributed by atoms with Crippen LogP contribution >= 0.6 is 11.6 Å². The third kappa shape index (κ3) is 1.80. The lowest BCUT2D eigenvalue weighted by molar-refractivity contribution is 0.666. The minimum absolute atomic E-state index is 0.650. The molecule has 1 aliphatic carbocycles. The molecule has 86 valence electrons. The molecule has 0 aromatic carbocycles. The van der Waals surface area contributed by atoms with Gasteiger partial charge < -0.3 is 4.90 Å². The van der Waals surface area contributed by atoms with Crippen molar-refractivity contribution in [3.05, 3.63) is 23.4 Å². The minimum atomic E-state index is 0.650. The van der Waals surface area contributed by atoms with Crippen LogP contribution in [0.5, 0.6) is 0 Å². The lowest BCUT2D eigenvalue weighted by Gasteiger charge is -2.18. The van der Waals surface area contributed by atoms with Crippen LogP contribution in [0.15, 0.2) is 12.1 Å². The molecule has 0 saturated carbocycles. The van der Waals surface area contributed by atoms with Crippen LogP contribution in [0.25, 0.3) is 0 Å². The van der Waals surface area contributed by atoms with Crippen molar-refractivity contribution in [2.24, 2.45) is 5.92 Å². The lowest BCUT2D eigenvalue weighted by Crippen LogP contribution is -2.21. The van der Waals surface area contributed by atoms with E-state index in [1.165, 1.54) is 30.5 Å². The van der Waals surface area contributed by atoms with Crippen LogP contribution in [-0.4, -0.2) is 24.0 Å². The van der Waals surface area contributed by atoms with Crippen molar-refractivity contribution in [2.75, 3.05) is 23.9 Å². The number of pyridine rings is 1. The number of alkyl halides is 1. The van der Waals surface area contributed by atoms with Crippen molar-refractivity contribution in [3.63, 3.8) is 0 Å². The zero-order chi connectivity index (χ0) is 11.0. The van der Waals surface area contributed by atoms with Crippen molar-refractivity contribution in [2.45, 2.75) is 25.7 Å². The minimum Gasteiger partial charge on any atom is -0.356 e. The Morgan fingerprint density at radius 3 is 3.12 bits per heavy atom. The molecule has 0 bridgehead atoms. The van der Waals surface area contributed by atoms with Gasteiger partial charge in [0.15, 0.2) is 0 Å². The Kier molecular flexibility index (Phi) is 2.76. The van der Waals surface area contributed by atoms with Gasteiger partial charge in [-0.25, -0.2) is 4.98 Å². The summed E-state index contributed by atoms with van der Waals surface area (Å²) in [6.45, 7) is 2.19. The molecule has 2 aliphatic rings. The smallest absolute Gasteiger partial charge is 0.128 e. The van der Waals surface area contributed by atoms with Gasteiger partial charge in [0.05, 0.1) is 0 Å². The van der Waals surface area contributed by atoms with Gasteiger partial charge in [-0.3, -0.25) is 0 Å². The van der Waals surface area contributed by atoms with Crippen LogP contribution in [0.3, 0.4) is 0 Å². The van der Waals surface area contributed by atoms with Crippen molar-refractivity contribution < 1.29 is 0 Å². The Bertz CT molecular complexity index is 392. The Morgan fingerprint density at radius 2 is 2.31 bits per heavy atom. The summed E-state index contributed by atoms with van der Waals surface area (Å²) in [5.74, 6) is 2.59. The maximum atomic E-state index is 5.91. The van der Waals surface area contributed by atoms with Gasteiger partial charge in [-0.2, -0.15) is 0 Å². The van der Waals surface area contributed by atoms with E-state index in [9.17, 15) is 0 Å². The van der Waals surface area contributed by atoms with Gasteiger partial charge >= 0.3 is 0 Å². The molecule has 3 rings (SSSR count). The molecular formula is C13H17ClN2. The molecule has 2 heterocycles. The molecule has 1 atom stereocenters. The molecule has 3 heteroatoms. The molecule has 0 spiro atoms. The van der Waals surface area contributed by atoms with Crippen LogP contribution in [0.1, 0.15) is 24.1 Å². The van der Waals surface area contributed by atoms with E-state index in [4.69, 9.17) is 16.6 Å². The number of hydrogen-bond donors (Lipinski definition) is 0. The number of fused-ring (bicyclic) bond motifs is 1. The van der Waals surface area contributed by atoms with Gasteiger partial charge in [0.2, 0.25) is 0 Å². The summed E-state index contributed by atoms with van der Waals surface area (Å²) < 4.78 is 0. The summed E-state index contributed by atoms with van der Waals surface area (Å²) >= 11 is 5.91. The number of aromatic nitrogens is 1. The number of hydrogen-bond acceptors (Lipinski definition) is 2. The SMILES string of the molecule is ClCC1CCN(c2ccc3c(n2)CCC3)C1. The first kappa shape index (κ1) is 10.4. The van der Waals surface area contributed by atoms with Gasteiger partial charge in [0, 0.05) is 24.7 Å². The van der Waals surface area contributed by atoms with Gasteiger partial charge in [0.25, 0.3) is 0 Å². The number of rotatable bonds is 2. The average Bonchev–Trinajstić information content (AvgIpc) is 2.96. The molecule has 1 aliphatic heterocycles. The zero-order valence-corrected chi connectivity index (χ0v) is 10.2. The van der Waals surface area contributed by atoms with E-state index in [1.54, 1.807) is 0 Å². The summed E-state index contributed by atoms with van der Waals surface area (Å²) in [4.78, 5) is 7.17. The molecule has 1 unspecified atom stereocenters. The predicted octanol–water partition coefficient (Wildman–Crippen LogP) is 2.64. The first-order valence-corrected chi connectivity index (χ1v) is 6.70. The number of aryl methyl sites for hydroxylation is 2. The zero-order valence-electron chi connectivity index (χ0n) is 9.45. The molecule has 0 radical (unpaired) electrons. The Hall–Kier alpha value is -0.760. The standard InChI is InChI=1S/C13H17ClN2/c14-8-10-6-7-16(9-10)13-5-4-11-2-1-3-12(11)15-13/h4-5,10H,1-3,6-9H2. The molecule has 1 aromatic heterocycles. The van der Waals surface area contributed by atoms with Crippen LogP contribution in [0.2, 0.25) is 0 Å². The van der Waals surface area contributed by atoms with Crippen LogP contribution in [0, 0.1) is 5.92 Å². The second kappa shape index (κ2) is 4.25. The van der Waals surface area contributed by atoms with Crippen LogP contribution in [-0.2, 0) is 12.8 Å². The molecule has 1 saturated heterocycles. The lowest BCUT2D eigenvalue weighted by atomic mass is 10.2. The summed E-state index contributed by atoms with van der Waals surface area (Å²) in [5.41, 5.74) is 2.78. The summed E-state index contributed by atoms with van der Waals surface area (Å²) in [6, 6.07) is 4.44. The van der Waals surface area contributed by atoms with Gasteiger partial charge in [0.1, 0.15) is 5.82 Å². The number of anilines is 1. The summed E-state index contributed by atoms with van der Waals surface area (Å²) in [5, 5.41) is 0. The third-order valence-corrected chi connectivity index (χ3v) is 4.18. The van der Waals surface area contributed by atoms with E-state index in [0.717, 1.165) is 31.2 Å². The average molecular weight is 237 g/mol. The molecule has 1 fully saturated rings. The van der Waals surface area contributed by atoms with Crippen LogP contribution < -0.4 is 4.90 Å². The highest BCUT2D eigenvalue weighted by atomic mass is 35.5. The van der Waals surface area contributed by atoms with Crippen molar-refractivity contribution >= 4 is 17.4 Å². The van der Waals surface area contributed by atoms with Crippen molar-refractivity contribution in [1.29, 1.82) is 0 Å². The van der Waals surface area contributed by atoms with Gasteiger partial charge in [-0.15, -0.1) is 11.6 Å². The molecule has 0 amide bonds. The molecule has 16 heavy (non-hydrogen) atoms. The molecule has 0 N–H and O–H groups in total. The van der Waals surface area contributed by atoms with E-state index in [1.807, 2.05) is 0 Å². The van der Waals surface area contributed by atoms with E-state index in [-0.39, 0.29) is 0 Å². The van der Waals surface area contributed by atoms with E-state index in [0.29, 0.717) is 5.92 Å². The largest absolute Gasteiger partial charge is 0.356 e.